The molecule has 1 atom stereocenters. The summed E-state index contributed by atoms with van der Waals surface area (Å²) in [5.41, 5.74) is 4.42. The van der Waals surface area contributed by atoms with Crippen LogP contribution in [0.2, 0.25) is 0 Å². The van der Waals surface area contributed by atoms with E-state index in [1.807, 2.05) is 35.3 Å². The van der Waals surface area contributed by atoms with Crippen LogP contribution in [-0.2, 0) is 17.8 Å². The average Bonchev–Trinajstić information content (AvgIpc) is 3.21. The molecule has 3 heterocycles. The molecule has 1 unspecified atom stereocenters. The van der Waals surface area contributed by atoms with E-state index in [0.717, 1.165) is 29.8 Å². The topological polar surface area (TPSA) is 75.6 Å². The monoisotopic (exact) mass is 321 g/mol. The van der Waals surface area contributed by atoms with Gasteiger partial charge in [0.2, 0.25) is 5.91 Å². The molecule has 122 valence electrons. The number of carbonyl (C=O) groups excluding carboxylic acids is 1. The van der Waals surface area contributed by atoms with Gasteiger partial charge in [0.25, 0.3) is 0 Å². The second-order valence-corrected chi connectivity index (χ2v) is 6.08. The second kappa shape index (κ2) is 5.96. The Morgan fingerprint density at radius 1 is 1.29 bits per heavy atom. The number of amides is 1. The summed E-state index contributed by atoms with van der Waals surface area (Å²) in [5, 5.41) is 14.6. The average molecular weight is 321 g/mol. The Kier molecular flexibility index (Phi) is 3.65. The van der Waals surface area contributed by atoms with Gasteiger partial charge < -0.3 is 5.32 Å². The summed E-state index contributed by atoms with van der Waals surface area (Å²) in [6.45, 7) is 2.80. The van der Waals surface area contributed by atoms with Gasteiger partial charge in [0, 0.05) is 29.8 Å². The lowest BCUT2D eigenvalue weighted by atomic mass is 9.87. The number of anilines is 1. The number of nitrogens with one attached hydrogen (secondary N) is 2. The molecule has 1 aliphatic rings. The minimum Gasteiger partial charge on any atom is -0.309 e. The van der Waals surface area contributed by atoms with Crippen LogP contribution in [0.3, 0.4) is 0 Å². The summed E-state index contributed by atoms with van der Waals surface area (Å²) in [5.74, 6) is 0.661. The van der Waals surface area contributed by atoms with E-state index in [4.69, 9.17) is 0 Å². The fourth-order valence-corrected chi connectivity index (χ4v) is 3.30. The third-order valence-corrected chi connectivity index (χ3v) is 4.48. The number of rotatable bonds is 4. The predicted octanol–water partition coefficient (Wildman–Crippen LogP) is 2.69. The van der Waals surface area contributed by atoms with Crippen LogP contribution in [0, 0.1) is 0 Å². The number of nitrogens with zero attached hydrogens (tertiary/aromatic N) is 3. The molecule has 0 bridgehead atoms. The molecule has 1 aromatic carbocycles. The van der Waals surface area contributed by atoms with Crippen molar-refractivity contribution >= 4 is 11.7 Å². The van der Waals surface area contributed by atoms with Gasteiger partial charge in [0.05, 0.1) is 12.7 Å². The van der Waals surface area contributed by atoms with Crippen molar-refractivity contribution in [1.29, 1.82) is 0 Å². The van der Waals surface area contributed by atoms with Crippen LogP contribution >= 0.6 is 0 Å². The van der Waals surface area contributed by atoms with E-state index < -0.39 is 0 Å². The molecule has 4 rings (SSSR count). The van der Waals surface area contributed by atoms with Crippen LogP contribution in [0.1, 0.15) is 41.6 Å². The smallest absolute Gasteiger partial charge is 0.226 e. The molecule has 0 spiro atoms. The predicted molar refractivity (Wildman–Crippen MR) is 90.8 cm³/mol. The highest BCUT2D eigenvalue weighted by atomic mass is 16.1. The first-order valence-corrected chi connectivity index (χ1v) is 8.18. The van der Waals surface area contributed by atoms with E-state index in [9.17, 15) is 4.79 Å². The number of H-pyrrole nitrogens is 1. The Labute approximate surface area is 139 Å². The minimum absolute atomic E-state index is 0.00235. The number of fused-ring (bicyclic) bond motifs is 1. The number of carbonyl (C=O) groups is 1. The number of aromatic amines is 1. The summed E-state index contributed by atoms with van der Waals surface area (Å²) < 4.78 is 1.92. The lowest BCUT2D eigenvalue weighted by Crippen LogP contribution is -2.23. The normalized spacial score (nSPS) is 16.7. The highest BCUT2D eigenvalue weighted by Crippen LogP contribution is 2.38. The third kappa shape index (κ3) is 2.60. The number of aryl methyl sites for hydroxylation is 1. The molecule has 6 heteroatoms. The fraction of sp³-hybridized carbons (Fsp3) is 0.278. The Balaban J connectivity index is 1.65. The van der Waals surface area contributed by atoms with Gasteiger partial charge in [0.1, 0.15) is 0 Å². The van der Waals surface area contributed by atoms with Crippen LogP contribution < -0.4 is 5.32 Å². The Morgan fingerprint density at radius 2 is 2.12 bits per heavy atom. The molecule has 2 aromatic heterocycles. The maximum atomic E-state index is 12.0. The molecule has 24 heavy (non-hydrogen) atoms. The molecule has 0 radical (unpaired) electrons. The number of benzene rings is 1. The first kappa shape index (κ1) is 14.7. The van der Waals surface area contributed by atoms with E-state index in [2.05, 4.69) is 39.7 Å². The van der Waals surface area contributed by atoms with Crippen LogP contribution in [0.15, 0.2) is 42.7 Å². The molecule has 0 fully saturated rings. The summed E-state index contributed by atoms with van der Waals surface area (Å²) in [4.78, 5) is 12.0. The third-order valence-electron chi connectivity index (χ3n) is 4.48. The van der Waals surface area contributed by atoms with Crippen molar-refractivity contribution in [3.8, 4) is 0 Å². The first-order valence-electron chi connectivity index (χ1n) is 8.18. The Morgan fingerprint density at radius 3 is 2.92 bits per heavy atom. The Bertz CT molecular complexity index is 865. The highest BCUT2D eigenvalue weighted by molar-refractivity contribution is 5.94. The van der Waals surface area contributed by atoms with Crippen LogP contribution in [0.5, 0.6) is 0 Å². The fourth-order valence-electron chi connectivity index (χ4n) is 3.30. The number of aromatic nitrogens is 4. The van der Waals surface area contributed by atoms with E-state index >= 15 is 0 Å². The van der Waals surface area contributed by atoms with Gasteiger partial charge in [-0.25, -0.2) is 0 Å². The maximum absolute atomic E-state index is 12.0. The second-order valence-electron chi connectivity index (χ2n) is 6.08. The summed E-state index contributed by atoms with van der Waals surface area (Å²) in [7, 11) is 0. The van der Waals surface area contributed by atoms with Crippen molar-refractivity contribution in [2.75, 3.05) is 5.32 Å². The van der Waals surface area contributed by atoms with E-state index in [1.165, 1.54) is 5.56 Å². The lowest BCUT2D eigenvalue weighted by Gasteiger charge is -2.21. The van der Waals surface area contributed by atoms with E-state index in [1.54, 1.807) is 0 Å². The van der Waals surface area contributed by atoms with Crippen LogP contribution in [0.4, 0.5) is 5.82 Å². The Hall–Kier alpha value is -2.89. The zero-order valence-electron chi connectivity index (χ0n) is 13.5. The van der Waals surface area contributed by atoms with Gasteiger partial charge in [-0.05, 0) is 17.5 Å². The van der Waals surface area contributed by atoms with Crippen molar-refractivity contribution in [2.45, 2.75) is 32.2 Å². The summed E-state index contributed by atoms with van der Waals surface area (Å²) in [6.07, 6.45) is 5.18. The van der Waals surface area contributed by atoms with Crippen molar-refractivity contribution in [2.24, 2.45) is 0 Å². The quantitative estimate of drug-likeness (QED) is 0.776. The molecule has 3 aromatic rings. The van der Waals surface area contributed by atoms with Gasteiger partial charge in [0.15, 0.2) is 5.82 Å². The van der Waals surface area contributed by atoms with Crippen LogP contribution in [0.25, 0.3) is 0 Å². The first-order chi connectivity index (χ1) is 11.7. The molecule has 6 nitrogen and oxygen atoms in total. The zero-order valence-corrected chi connectivity index (χ0v) is 13.5. The van der Waals surface area contributed by atoms with Gasteiger partial charge in [-0.2, -0.15) is 10.2 Å². The van der Waals surface area contributed by atoms with Gasteiger partial charge in [-0.3, -0.25) is 14.6 Å². The van der Waals surface area contributed by atoms with Crippen molar-refractivity contribution < 1.29 is 4.79 Å². The number of hydrogen-bond donors (Lipinski definition) is 2. The highest BCUT2D eigenvalue weighted by Gasteiger charge is 2.31. The minimum atomic E-state index is -0.00235. The molecule has 0 saturated heterocycles. The number of hydrogen-bond acceptors (Lipinski definition) is 3. The van der Waals surface area contributed by atoms with E-state index in [0.29, 0.717) is 12.2 Å². The molecule has 0 saturated carbocycles. The largest absolute Gasteiger partial charge is 0.309 e. The summed E-state index contributed by atoms with van der Waals surface area (Å²) in [6, 6.07) is 10.2. The van der Waals surface area contributed by atoms with E-state index in [-0.39, 0.29) is 11.8 Å². The van der Waals surface area contributed by atoms with Crippen molar-refractivity contribution in [1.82, 2.24) is 20.0 Å². The van der Waals surface area contributed by atoms with Crippen molar-refractivity contribution in [3.05, 3.63) is 65.1 Å². The van der Waals surface area contributed by atoms with Crippen LogP contribution in [-0.4, -0.2) is 25.9 Å². The molecule has 0 aliphatic carbocycles. The van der Waals surface area contributed by atoms with Gasteiger partial charge in [-0.15, -0.1) is 0 Å². The molecule has 1 amide bonds. The summed E-state index contributed by atoms with van der Waals surface area (Å²) >= 11 is 0. The molecular weight excluding hydrogens is 302 g/mol. The zero-order chi connectivity index (χ0) is 16.5. The molecular formula is C18H19N5O. The molecule has 1 aliphatic heterocycles. The SMILES string of the molecule is CCc1[nH]nc2c1C(c1cnn(Cc3ccccc3)c1)CC(=O)N2. The standard InChI is InChI=1S/C18H19N5O/c1-2-15-17-14(8-16(24)20-18(17)22-21-15)13-9-19-23(11-13)10-12-6-4-3-5-7-12/h3-7,9,11,14H,2,8,10H2,1H3,(H2,20,21,22,24). The molecule has 2 N–H and O–H groups in total. The lowest BCUT2D eigenvalue weighted by molar-refractivity contribution is -0.116. The van der Waals surface area contributed by atoms with Crippen molar-refractivity contribution in [3.63, 3.8) is 0 Å². The van der Waals surface area contributed by atoms with Gasteiger partial charge >= 0.3 is 0 Å². The van der Waals surface area contributed by atoms with Gasteiger partial charge in [-0.1, -0.05) is 37.3 Å². The maximum Gasteiger partial charge on any atom is 0.226 e.